The molecule has 1 aliphatic heterocycles. The van der Waals surface area contributed by atoms with E-state index < -0.39 is 27.8 Å². The quantitative estimate of drug-likeness (QED) is 0.871. The van der Waals surface area contributed by atoms with Crippen molar-refractivity contribution in [2.24, 2.45) is 0 Å². The minimum absolute atomic E-state index is 0.0573. The third-order valence-corrected chi connectivity index (χ3v) is 5.86. The summed E-state index contributed by atoms with van der Waals surface area (Å²) in [6, 6.07) is 9.44. The Labute approximate surface area is 159 Å². The van der Waals surface area contributed by atoms with E-state index in [4.69, 9.17) is 4.74 Å². The first kappa shape index (κ1) is 19.2. The fourth-order valence-electron chi connectivity index (χ4n) is 2.87. The van der Waals surface area contributed by atoms with E-state index in [1.807, 2.05) is 6.92 Å². The van der Waals surface area contributed by atoms with E-state index in [2.05, 4.69) is 10.3 Å². The van der Waals surface area contributed by atoms with Gasteiger partial charge in [-0.1, -0.05) is 17.7 Å². The number of fused-ring (bicyclic) bond motifs is 1. The van der Waals surface area contributed by atoms with E-state index in [9.17, 15) is 13.2 Å². The molecule has 1 amide bonds. The van der Waals surface area contributed by atoms with Crippen LogP contribution in [0.4, 0.5) is 10.5 Å². The lowest BCUT2D eigenvalue weighted by Crippen LogP contribution is -2.38. The Morgan fingerprint density at radius 3 is 2.52 bits per heavy atom. The molecule has 0 bridgehead atoms. The van der Waals surface area contributed by atoms with Gasteiger partial charge in [0.05, 0.1) is 28.9 Å². The van der Waals surface area contributed by atoms with Crippen LogP contribution in [-0.2, 0) is 14.8 Å². The topological polar surface area (TPSA) is 88.6 Å². The second-order valence-electron chi connectivity index (χ2n) is 7.46. The molecule has 3 rings (SSSR count). The molecule has 0 aliphatic carbocycles. The first-order valence-corrected chi connectivity index (χ1v) is 10.1. The van der Waals surface area contributed by atoms with Gasteiger partial charge in [-0.3, -0.25) is 9.29 Å². The van der Waals surface area contributed by atoms with Gasteiger partial charge in [0.1, 0.15) is 5.60 Å². The van der Waals surface area contributed by atoms with E-state index in [1.54, 1.807) is 63.4 Å². The molecule has 1 N–H and O–H groups in total. The van der Waals surface area contributed by atoms with E-state index in [1.165, 1.54) is 4.31 Å². The molecule has 0 saturated heterocycles. The van der Waals surface area contributed by atoms with Gasteiger partial charge >= 0.3 is 6.09 Å². The number of pyridine rings is 1. The summed E-state index contributed by atoms with van der Waals surface area (Å²) in [6.07, 6.45) is 0.962. The standard InChI is InChI=1S/C19H23N3O4S/c1-13-7-9-14(10-8-13)27(24,25)22-12-15(17-16(22)6-5-11-20-17)21-18(23)26-19(2,3)4/h5-11,15H,12H2,1-4H3,(H,21,23). The normalized spacial score (nSPS) is 16.7. The van der Waals surface area contributed by atoms with Gasteiger partial charge < -0.3 is 10.1 Å². The number of hydrogen-bond donors (Lipinski definition) is 1. The maximum absolute atomic E-state index is 13.1. The molecule has 0 fully saturated rings. The molecule has 1 unspecified atom stereocenters. The molecule has 144 valence electrons. The lowest BCUT2D eigenvalue weighted by atomic mass is 10.2. The fraction of sp³-hybridized carbons (Fsp3) is 0.368. The molecule has 0 radical (unpaired) electrons. The Hall–Kier alpha value is -2.61. The number of sulfonamides is 1. The maximum atomic E-state index is 13.1. The number of anilines is 1. The lowest BCUT2D eigenvalue weighted by Gasteiger charge is -2.22. The number of ether oxygens (including phenoxy) is 1. The van der Waals surface area contributed by atoms with E-state index in [-0.39, 0.29) is 11.4 Å². The zero-order valence-corrected chi connectivity index (χ0v) is 16.6. The molecule has 1 aliphatic rings. The SMILES string of the molecule is Cc1ccc(S(=O)(=O)N2CC(NC(=O)OC(C)(C)C)c3ncccc32)cc1. The van der Waals surface area contributed by atoms with Gasteiger partial charge in [-0.05, 0) is 52.0 Å². The first-order valence-electron chi connectivity index (χ1n) is 8.62. The number of aryl methyl sites for hydroxylation is 1. The average molecular weight is 389 g/mol. The number of hydrogen-bond acceptors (Lipinski definition) is 5. The fourth-order valence-corrected chi connectivity index (χ4v) is 4.36. The van der Waals surface area contributed by atoms with Gasteiger partial charge in [0.25, 0.3) is 10.0 Å². The minimum Gasteiger partial charge on any atom is -0.444 e. The van der Waals surface area contributed by atoms with Gasteiger partial charge in [-0.15, -0.1) is 0 Å². The number of aromatic nitrogens is 1. The Kier molecular flexibility index (Phi) is 4.86. The molecule has 27 heavy (non-hydrogen) atoms. The number of nitrogens with one attached hydrogen (secondary N) is 1. The number of benzene rings is 1. The molecular weight excluding hydrogens is 366 g/mol. The van der Waals surface area contributed by atoms with Crippen LogP contribution in [-0.4, -0.2) is 31.6 Å². The highest BCUT2D eigenvalue weighted by Crippen LogP contribution is 2.37. The van der Waals surface area contributed by atoms with Crippen LogP contribution in [0.25, 0.3) is 0 Å². The Morgan fingerprint density at radius 2 is 1.89 bits per heavy atom. The van der Waals surface area contributed by atoms with Gasteiger partial charge in [-0.25, -0.2) is 13.2 Å². The monoisotopic (exact) mass is 389 g/mol. The predicted molar refractivity (Wildman–Crippen MR) is 102 cm³/mol. The second kappa shape index (κ2) is 6.84. The second-order valence-corrected chi connectivity index (χ2v) is 9.32. The number of nitrogens with zero attached hydrogens (tertiary/aromatic N) is 2. The van der Waals surface area contributed by atoms with Crippen LogP contribution in [0.3, 0.4) is 0 Å². The Bertz CT molecular complexity index is 950. The molecule has 8 heteroatoms. The molecule has 2 heterocycles. The highest BCUT2D eigenvalue weighted by molar-refractivity contribution is 7.92. The Balaban J connectivity index is 1.91. The van der Waals surface area contributed by atoms with Crippen molar-refractivity contribution in [1.29, 1.82) is 0 Å². The first-order chi connectivity index (χ1) is 12.6. The summed E-state index contributed by atoms with van der Waals surface area (Å²) >= 11 is 0. The van der Waals surface area contributed by atoms with Gasteiger partial charge in [0.2, 0.25) is 0 Å². The lowest BCUT2D eigenvalue weighted by molar-refractivity contribution is 0.0506. The average Bonchev–Trinajstić information content (AvgIpc) is 2.93. The van der Waals surface area contributed by atoms with Gasteiger partial charge in [0, 0.05) is 6.20 Å². The molecular formula is C19H23N3O4S. The number of alkyl carbamates (subject to hydrolysis) is 1. The van der Waals surface area contributed by atoms with Crippen molar-refractivity contribution in [1.82, 2.24) is 10.3 Å². The molecule has 1 atom stereocenters. The van der Waals surface area contributed by atoms with Crippen LogP contribution in [0.15, 0.2) is 47.5 Å². The number of rotatable bonds is 3. The minimum atomic E-state index is -3.77. The van der Waals surface area contributed by atoms with E-state index in [0.29, 0.717) is 11.4 Å². The molecule has 1 aromatic heterocycles. The Morgan fingerprint density at radius 1 is 1.22 bits per heavy atom. The molecule has 7 nitrogen and oxygen atoms in total. The number of carbonyl (C=O) groups is 1. The van der Waals surface area contributed by atoms with Crippen molar-refractivity contribution in [3.05, 3.63) is 53.9 Å². The summed E-state index contributed by atoms with van der Waals surface area (Å²) in [6.45, 7) is 7.25. The van der Waals surface area contributed by atoms with Crippen molar-refractivity contribution in [3.8, 4) is 0 Å². The number of carbonyl (C=O) groups excluding carboxylic acids is 1. The van der Waals surface area contributed by atoms with Crippen LogP contribution < -0.4 is 9.62 Å². The summed E-state index contributed by atoms with van der Waals surface area (Å²) in [7, 11) is -3.77. The summed E-state index contributed by atoms with van der Waals surface area (Å²) in [5, 5.41) is 2.72. The summed E-state index contributed by atoms with van der Waals surface area (Å²) < 4.78 is 32.8. The zero-order chi connectivity index (χ0) is 19.8. The largest absolute Gasteiger partial charge is 0.444 e. The number of amides is 1. The summed E-state index contributed by atoms with van der Waals surface area (Å²) in [5.74, 6) is 0. The molecule has 0 saturated carbocycles. The third kappa shape index (κ3) is 4.05. The summed E-state index contributed by atoms with van der Waals surface area (Å²) in [4.78, 5) is 16.6. The third-order valence-electron chi connectivity index (χ3n) is 4.06. The molecule has 2 aromatic rings. The van der Waals surface area contributed by atoms with Crippen molar-refractivity contribution >= 4 is 21.8 Å². The molecule has 1 aromatic carbocycles. The van der Waals surface area contributed by atoms with Crippen LogP contribution in [0.2, 0.25) is 0 Å². The summed E-state index contributed by atoms with van der Waals surface area (Å²) in [5.41, 5.74) is 1.28. The van der Waals surface area contributed by atoms with E-state index in [0.717, 1.165) is 5.56 Å². The smallest absolute Gasteiger partial charge is 0.408 e. The van der Waals surface area contributed by atoms with Crippen molar-refractivity contribution < 1.29 is 17.9 Å². The van der Waals surface area contributed by atoms with Gasteiger partial charge in [-0.2, -0.15) is 0 Å². The van der Waals surface area contributed by atoms with E-state index >= 15 is 0 Å². The van der Waals surface area contributed by atoms with Crippen molar-refractivity contribution in [3.63, 3.8) is 0 Å². The van der Waals surface area contributed by atoms with Crippen molar-refractivity contribution in [2.75, 3.05) is 10.8 Å². The van der Waals surface area contributed by atoms with Crippen LogP contribution in [0.5, 0.6) is 0 Å². The van der Waals surface area contributed by atoms with Gasteiger partial charge in [0.15, 0.2) is 0 Å². The van der Waals surface area contributed by atoms with Crippen LogP contribution in [0.1, 0.15) is 38.1 Å². The maximum Gasteiger partial charge on any atom is 0.408 e. The van der Waals surface area contributed by atoms with Crippen LogP contribution in [0, 0.1) is 6.92 Å². The highest BCUT2D eigenvalue weighted by Gasteiger charge is 2.38. The highest BCUT2D eigenvalue weighted by atomic mass is 32.2. The predicted octanol–water partition coefficient (Wildman–Crippen LogP) is 3.16. The van der Waals surface area contributed by atoms with Crippen molar-refractivity contribution in [2.45, 2.75) is 44.2 Å². The molecule has 0 spiro atoms. The van der Waals surface area contributed by atoms with Crippen LogP contribution >= 0.6 is 0 Å². The zero-order valence-electron chi connectivity index (χ0n) is 15.8.